The minimum Gasteiger partial charge on any atom is -0.482 e. The topological polar surface area (TPSA) is 81.7 Å². The lowest BCUT2D eigenvalue weighted by Crippen LogP contribution is -2.31. The summed E-state index contributed by atoms with van der Waals surface area (Å²) < 4.78 is 10.2. The predicted molar refractivity (Wildman–Crippen MR) is 101 cm³/mol. The zero-order valence-electron chi connectivity index (χ0n) is 15.4. The molecule has 0 radical (unpaired) electrons. The zero-order valence-corrected chi connectivity index (χ0v) is 15.4. The number of benzene rings is 2. The third-order valence-electron chi connectivity index (χ3n) is 3.90. The maximum Gasteiger partial charge on any atom is 0.344 e. The fourth-order valence-corrected chi connectivity index (χ4v) is 2.38. The largest absolute Gasteiger partial charge is 0.482 e. The molecule has 0 bridgehead atoms. The number of ketones is 1. The number of hydrogen-bond donors (Lipinski definition) is 1. The fourth-order valence-electron chi connectivity index (χ4n) is 2.38. The Labute approximate surface area is 158 Å². The minimum atomic E-state index is -0.647. The molecule has 6 heteroatoms. The molecule has 1 atom stereocenters. The van der Waals surface area contributed by atoms with Crippen LogP contribution < -0.4 is 10.1 Å². The standard InChI is InChI=1S/C21H23NO5/c1-3-19(23)17-9-11-18(12-10-17)26-14-21(25)27-13-20(24)22-15(2)16-7-5-4-6-8-16/h4-12,15H,3,13-14H2,1-2H3,(H,22,24). The highest BCUT2D eigenvalue weighted by Crippen LogP contribution is 2.13. The van der Waals surface area contributed by atoms with E-state index in [4.69, 9.17) is 9.47 Å². The van der Waals surface area contributed by atoms with Crippen LogP contribution in [-0.2, 0) is 14.3 Å². The van der Waals surface area contributed by atoms with Gasteiger partial charge in [-0.05, 0) is 36.8 Å². The number of ether oxygens (including phenoxy) is 2. The number of Topliss-reactive ketones (excluding diaryl/α,β-unsaturated/α-hetero) is 1. The number of carbonyl (C=O) groups excluding carboxylic acids is 3. The maximum absolute atomic E-state index is 11.9. The van der Waals surface area contributed by atoms with Crippen LogP contribution in [0, 0.1) is 0 Å². The lowest BCUT2D eigenvalue weighted by atomic mass is 10.1. The highest BCUT2D eigenvalue weighted by molar-refractivity contribution is 5.95. The third-order valence-corrected chi connectivity index (χ3v) is 3.90. The summed E-state index contributed by atoms with van der Waals surface area (Å²) in [6, 6.07) is 15.8. The summed E-state index contributed by atoms with van der Waals surface area (Å²) in [5.74, 6) is -0.549. The Kier molecular flexibility index (Phi) is 7.55. The van der Waals surface area contributed by atoms with Crippen LogP contribution in [0.2, 0.25) is 0 Å². The second-order valence-corrected chi connectivity index (χ2v) is 5.95. The van der Waals surface area contributed by atoms with E-state index in [9.17, 15) is 14.4 Å². The molecule has 0 saturated heterocycles. The highest BCUT2D eigenvalue weighted by Gasteiger charge is 2.12. The Balaban J connectivity index is 1.71. The van der Waals surface area contributed by atoms with Gasteiger partial charge in [0.2, 0.25) is 0 Å². The van der Waals surface area contributed by atoms with Gasteiger partial charge in [-0.1, -0.05) is 37.3 Å². The van der Waals surface area contributed by atoms with E-state index < -0.39 is 5.97 Å². The SMILES string of the molecule is CCC(=O)c1ccc(OCC(=O)OCC(=O)NC(C)c2ccccc2)cc1. The molecule has 142 valence electrons. The summed E-state index contributed by atoms with van der Waals surface area (Å²) in [5.41, 5.74) is 1.56. The molecule has 1 amide bonds. The molecule has 6 nitrogen and oxygen atoms in total. The lowest BCUT2D eigenvalue weighted by molar-refractivity contribution is -0.150. The van der Waals surface area contributed by atoms with Crippen molar-refractivity contribution < 1.29 is 23.9 Å². The van der Waals surface area contributed by atoms with Crippen molar-refractivity contribution in [3.05, 3.63) is 65.7 Å². The molecule has 1 unspecified atom stereocenters. The van der Waals surface area contributed by atoms with Crippen LogP contribution in [0.4, 0.5) is 0 Å². The molecular formula is C21H23NO5. The average Bonchev–Trinajstić information content (AvgIpc) is 2.71. The molecule has 0 aliphatic heterocycles. The van der Waals surface area contributed by atoms with Gasteiger partial charge in [0.1, 0.15) is 5.75 Å². The summed E-state index contributed by atoms with van der Waals surface area (Å²) >= 11 is 0. The first kappa shape index (κ1) is 20.2. The van der Waals surface area contributed by atoms with Crippen LogP contribution in [0.15, 0.2) is 54.6 Å². The Bertz CT molecular complexity index is 771. The summed E-state index contributed by atoms with van der Waals surface area (Å²) in [6.45, 7) is 2.95. The molecule has 0 saturated carbocycles. The van der Waals surface area contributed by atoms with Gasteiger partial charge in [-0.15, -0.1) is 0 Å². The van der Waals surface area contributed by atoms with Crippen LogP contribution in [-0.4, -0.2) is 30.9 Å². The van der Waals surface area contributed by atoms with Gasteiger partial charge in [0.05, 0.1) is 6.04 Å². The molecule has 0 aromatic heterocycles. The van der Waals surface area contributed by atoms with Crippen molar-refractivity contribution in [3.63, 3.8) is 0 Å². The van der Waals surface area contributed by atoms with E-state index in [-0.39, 0.29) is 30.9 Å². The number of esters is 1. The van der Waals surface area contributed by atoms with Crippen molar-refractivity contribution >= 4 is 17.7 Å². The zero-order chi connectivity index (χ0) is 19.6. The molecule has 0 spiro atoms. The summed E-state index contributed by atoms with van der Waals surface area (Å²) in [4.78, 5) is 35.1. The minimum absolute atomic E-state index is 0.0386. The molecule has 0 aliphatic carbocycles. The van der Waals surface area contributed by atoms with Gasteiger partial charge in [0.25, 0.3) is 5.91 Å². The van der Waals surface area contributed by atoms with E-state index in [1.165, 1.54) is 0 Å². The van der Waals surface area contributed by atoms with Gasteiger partial charge in [0, 0.05) is 12.0 Å². The van der Waals surface area contributed by atoms with Crippen LogP contribution in [0.1, 0.15) is 42.2 Å². The molecule has 27 heavy (non-hydrogen) atoms. The first-order valence-corrected chi connectivity index (χ1v) is 8.75. The van der Waals surface area contributed by atoms with E-state index in [0.717, 1.165) is 5.56 Å². The Hall–Kier alpha value is -3.15. The Morgan fingerprint density at radius 3 is 2.26 bits per heavy atom. The normalized spacial score (nSPS) is 11.3. The monoisotopic (exact) mass is 369 g/mol. The molecular weight excluding hydrogens is 346 g/mol. The van der Waals surface area contributed by atoms with Crippen LogP contribution in [0.25, 0.3) is 0 Å². The van der Waals surface area contributed by atoms with Crippen molar-refractivity contribution in [2.24, 2.45) is 0 Å². The predicted octanol–water partition coefficient (Wildman–Crippen LogP) is 3.08. The fraction of sp³-hybridized carbons (Fsp3) is 0.286. The van der Waals surface area contributed by atoms with Crippen molar-refractivity contribution in [3.8, 4) is 5.75 Å². The van der Waals surface area contributed by atoms with Gasteiger partial charge >= 0.3 is 5.97 Å². The van der Waals surface area contributed by atoms with Gasteiger partial charge < -0.3 is 14.8 Å². The van der Waals surface area contributed by atoms with Gasteiger partial charge in [-0.2, -0.15) is 0 Å². The van der Waals surface area contributed by atoms with E-state index >= 15 is 0 Å². The second kappa shape index (κ2) is 10.1. The first-order valence-electron chi connectivity index (χ1n) is 8.75. The molecule has 2 aromatic rings. The van der Waals surface area contributed by atoms with Crippen LogP contribution >= 0.6 is 0 Å². The number of amides is 1. The van der Waals surface area contributed by atoms with Crippen molar-refractivity contribution in [1.29, 1.82) is 0 Å². The quantitative estimate of drug-likeness (QED) is 0.543. The molecule has 1 N–H and O–H groups in total. The summed E-state index contributed by atoms with van der Waals surface area (Å²) in [7, 11) is 0. The van der Waals surface area contributed by atoms with Crippen molar-refractivity contribution in [1.82, 2.24) is 5.32 Å². The molecule has 0 heterocycles. The van der Waals surface area contributed by atoms with Crippen LogP contribution in [0.5, 0.6) is 5.75 Å². The number of carbonyl (C=O) groups is 3. The Morgan fingerprint density at radius 1 is 0.963 bits per heavy atom. The average molecular weight is 369 g/mol. The molecule has 0 aliphatic rings. The van der Waals surface area contributed by atoms with Gasteiger partial charge in [-0.25, -0.2) is 4.79 Å². The smallest absolute Gasteiger partial charge is 0.344 e. The summed E-state index contributed by atoms with van der Waals surface area (Å²) in [6.07, 6.45) is 0.428. The number of hydrogen-bond acceptors (Lipinski definition) is 5. The van der Waals surface area contributed by atoms with E-state index in [2.05, 4.69) is 5.32 Å². The van der Waals surface area contributed by atoms with E-state index in [0.29, 0.717) is 17.7 Å². The molecule has 2 aromatic carbocycles. The molecule has 2 rings (SSSR count). The van der Waals surface area contributed by atoms with Gasteiger partial charge in [-0.3, -0.25) is 9.59 Å². The lowest BCUT2D eigenvalue weighted by Gasteiger charge is -2.14. The van der Waals surface area contributed by atoms with Crippen molar-refractivity contribution in [2.75, 3.05) is 13.2 Å². The van der Waals surface area contributed by atoms with Crippen LogP contribution in [0.3, 0.4) is 0 Å². The van der Waals surface area contributed by atoms with E-state index in [1.807, 2.05) is 37.3 Å². The number of rotatable bonds is 9. The van der Waals surface area contributed by atoms with Gasteiger partial charge in [0.15, 0.2) is 19.0 Å². The van der Waals surface area contributed by atoms with E-state index in [1.54, 1.807) is 31.2 Å². The Morgan fingerprint density at radius 2 is 1.63 bits per heavy atom. The number of nitrogens with one attached hydrogen (secondary N) is 1. The van der Waals surface area contributed by atoms with Crippen molar-refractivity contribution in [2.45, 2.75) is 26.3 Å². The highest BCUT2D eigenvalue weighted by atomic mass is 16.6. The summed E-state index contributed by atoms with van der Waals surface area (Å²) in [5, 5.41) is 2.76. The maximum atomic E-state index is 11.9. The molecule has 0 fully saturated rings. The first-order chi connectivity index (χ1) is 13.0. The third kappa shape index (κ3) is 6.58. The second-order valence-electron chi connectivity index (χ2n) is 5.95.